The minimum absolute atomic E-state index is 0.160. The molecule has 4 rings (SSSR count). The molecule has 2 aromatic heterocycles. The van der Waals surface area contributed by atoms with Crippen LogP contribution in [0.4, 0.5) is 0 Å². The molecule has 0 radical (unpaired) electrons. The summed E-state index contributed by atoms with van der Waals surface area (Å²) in [6, 6.07) is 10.3. The molecule has 3 aromatic rings. The van der Waals surface area contributed by atoms with Gasteiger partial charge < -0.3 is 9.72 Å². The van der Waals surface area contributed by atoms with Crippen LogP contribution in [-0.4, -0.2) is 38.6 Å². The van der Waals surface area contributed by atoms with E-state index >= 15 is 0 Å². The number of fused-ring (bicyclic) bond motifs is 2. The number of imide groups is 1. The summed E-state index contributed by atoms with van der Waals surface area (Å²) < 4.78 is 1.80. The van der Waals surface area contributed by atoms with Gasteiger partial charge in [-0.2, -0.15) is 0 Å². The summed E-state index contributed by atoms with van der Waals surface area (Å²) in [7, 11) is 0. The van der Waals surface area contributed by atoms with E-state index in [1.807, 2.05) is 0 Å². The molecule has 1 aromatic carbocycles. The van der Waals surface area contributed by atoms with Crippen molar-refractivity contribution >= 4 is 35.0 Å². The Kier molecular flexibility index (Phi) is 4.83. The molecule has 3 amide bonds. The zero-order valence-electron chi connectivity index (χ0n) is 14.9. The fourth-order valence-corrected chi connectivity index (χ4v) is 3.39. The first-order valence-corrected chi connectivity index (χ1v) is 9.26. The van der Waals surface area contributed by atoms with E-state index in [1.165, 1.54) is 4.90 Å². The molecular weight excluding hydrogens is 380 g/mol. The molecule has 0 aliphatic carbocycles. The maximum absolute atomic E-state index is 12.3. The fraction of sp³-hybridized carbons (Fsp3) is 0.200. The lowest BCUT2D eigenvalue weighted by molar-refractivity contribution is -0.121. The van der Waals surface area contributed by atoms with Gasteiger partial charge in [0.25, 0.3) is 11.8 Å². The summed E-state index contributed by atoms with van der Waals surface area (Å²) in [5.41, 5.74) is 2.31. The van der Waals surface area contributed by atoms with Crippen LogP contribution in [0.25, 0.3) is 5.65 Å². The first-order chi connectivity index (χ1) is 13.5. The molecule has 0 unspecified atom stereocenters. The highest BCUT2D eigenvalue weighted by Crippen LogP contribution is 2.22. The lowest BCUT2D eigenvalue weighted by atomic mass is 10.1. The number of imidazole rings is 1. The van der Waals surface area contributed by atoms with Crippen LogP contribution >= 0.6 is 11.6 Å². The summed E-state index contributed by atoms with van der Waals surface area (Å²) in [6.07, 6.45) is 4.17. The molecule has 0 bridgehead atoms. The van der Waals surface area contributed by atoms with Crippen molar-refractivity contribution in [2.45, 2.75) is 19.4 Å². The normalized spacial score (nSPS) is 13.2. The second-order valence-corrected chi connectivity index (χ2v) is 6.97. The Bertz CT molecular complexity index is 1060. The average molecular weight is 397 g/mol. The SMILES string of the molecule is O=C(CCCN1C(=O)c2ccccc2C1=O)NCc1cn2cc(Cl)ccc2n1. The minimum atomic E-state index is -0.302. The number of rotatable bonds is 6. The highest BCUT2D eigenvalue weighted by molar-refractivity contribution is 6.30. The number of nitrogens with zero attached hydrogens (tertiary/aromatic N) is 3. The second kappa shape index (κ2) is 7.44. The average Bonchev–Trinajstić information content (AvgIpc) is 3.20. The van der Waals surface area contributed by atoms with Gasteiger partial charge >= 0.3 is 0 Å². The van der Waals surface area contributed by atoms with Gasteiger partial charge in [-0.3, -0.25) is 19.3 Å². The molecule has 0 fully saturated rings. The Morgan fingerprint density at radius 3 is 2.46 bits per heavy atom. The van der Waals surface area contributed by atoms with Crippen molar-refractivity contribution in [1.29, 1.82) is 0 Å². The number of benzene rings is 1. The van der Waals surface area contributed by atoms with Crippen molar-refractivity contribution in [1.82, 2.24) is 19.6 Å². The van der Waals surface area contributed by atoms with Gasteiger partial charge in [-0.1, -0.05) is 23.7 Å². The molecule has 1 aliphatic rings. The van der Waals surface area contributed by atoms with E-state index in [4.69, 9.17) is 11.6 Å². The van der Waals surface area contributed by atoms with E-state index in [1.54, 1.807) is 53.2 Å². The van der Waals surface area contributed by atoms with Crippen molar-refractivity contribution in [3.05, 3.63) is 70.6 Å². The molecule has 0 saturated heterocycles. The minimum Gasteiger partial charge on any atom is -0.350 e. The summed E-state index contributed by atoms with van der Waals surface area (Å²) in [6.45, 7) is 0.512. The van der Waals surface area contributed by atoms with Crippen molar-refractivity contribution < 1.29 is 14.4 Å². The zero-order chi connectivity index (χ0) is 19.7. The zero-order valence-corrected chi connectivity index (χ0v) is 15.6. The standard InChI is InChI=1S/C20H17ClN4O3/c21-13-7-8-17-23-14(12-24(17)11-13)10-22-18(26)6-3-9-25-19(27)15-4-1-2-5-16(15)20(25)28/h1-2,4-5,7-8,11-12H,3,6,9-10H2,(H,22,26). The quantitative estimate of drug-likeness (QED) is 0.649. The Morgan fingerprint density at radius 1 is 1.04 bits per heavy atom. The highest BCUT2D eigenvalue weighted by Gasteiger charge is 2.34. The lowest BCUT2D eigenvalue weighted by Gasteiger charge is -2.13. The molecule has 1 aliphatic heterocycles. The Morgan fingerprint density at radius 2 is 1.75 bits per heavy atom. The largest absolute Gasteiger partial charge is 0.350 e. The lowest BCUT2D eigenvalue weighted by Crippen LogP contribution is -2.32. The Labute approximate surface area is 165 Å². The van der Waals surface area contributed by atoms with E-state index in [-0.39, 0.29) is 30.7 Å². The molecule has 3 heterocycles. The maximum Gasteiger partial charge on any atom is 0.261 e. The summed E-state index contributed by atoms with van der Waals surface area (Å²) in [5.74, 6) is -0.763. The van der Waals surface area contributed by atoms with Gasteiger partial charge in [0.15, 0.2) is 0 Å². The van der Waals surface area contributed by atoms with E-state index in [0.29, 0.717) is 29.1 Å². The second-order valence-electron chi connectivity index (χ2n) is 6.53. The van der Waals surface area contributed by atoms with Crippen LogP contribution < -0.4 is 5.32 Å². The molecule has 0 spiro atoms. The van der Waals surface area contributed by atoms with E-state index < -0.39 is 0 Å². The third-order valence-electron chi connectivity index (χ3n) is 4.60. The Hall–Kier alpha value is -3.19. The van der Waals surface area contributed by atoms with Crippen LogP contribution in [-0.2, 0) is 11.3 Å². The van der Waals surface area contributed by atoms with E-state index in [2.05, 4.69) is 10.3 Å². The van der Waals surface area contributed by atoms with Crippen LogP contribution in [0.5, 0.6) is 0 Å². The molecule has 1 N–H and O–H groups in total. The number of halogens is 1. The molecular formula is C20H17ClN4O3. The molecule has 0 saturated carbocycles. The van der Waals surface area contributed by atoms with Crippen LogP contribution in [0.2, 0.25) is 5.02 Å². The van der Waals surface area contributed by atoms with Gasteiger partial charge in [-0.25, -0.2) is 4.98 Å². The van der Waals surface area contributed by atoms with Gasteiger partial charge in [-0.15, -0.1) is 0 Å². The van der Waals surface area contributed by atoms with Crippen LogP contribution in [0, 0.1) is 0 Å². The van der Waals surface area contributed by atoms with Gasteiger partial charge in [0.1, 0.15) is 5.65 Å². The molecule has 142 valence electrons. The molecule has 0 atom stereocenters. The number of hydrogen-bond donors (Lipinski definition) is 1. The number of pyridine rings is 1. The number of carbonyl (C=O) groups is 3. The van der Waals surface area contributed by atoms with Crippen molar-refractivity contribution in [2.75, 3.05) is 6.54 Å². The first-order valence-electron chi connectivity index (χ1n) is 8.88. The van der Waals surface area contributed by atoms with Gasteiger partial charge in [0, 0.05) is 25.4 Å². The topological polar surface area (TPSA) is 83.8 Å². The smallest absolute Gasteiger partial charge is 0.261 e. The summed E-state index contributed by atoms with van der Waals surface area (Å²) >= 11 is 5.95. The predicted octanol–water partition coefficient (Wildman–Crippen LogP) is 2.68. The van der Waals surface area contributed by atoms with Gasteiger partial charge in [0.05, 0.1) is 28.4 Å². The Balaban J connectivity index is 1.27. The summed E-state index contributed by atoms with van der Waals surface area (Å²) in [4.78, 5) is 42.3. The molecule has 7 nitrogen and oxygen atoms in total. The monoisotopic (exact) mass is 396 g/mol. The van der Waals surface area contributed by atoms with Crippen molar-refractivity contribution in [2.24, 2.45) is 0 Å². The number of nitrogens with one attached hydrogen (secondary N) is 1. The third kappa shape index (κ3) is 3.48. The van der Waals surface area contributed by atoms with Crippen molar-refractivity contribution in [3.8, 4) is 0 Å². The third-order valence-corrected chi connectivity index (χ3v) is 4.82. The van der Waals surface area contributed by atoms with Crippen LogP contribution in [0.1, 0.15) is 39.3 Å². The van der Waals surface area contributed by atoms with E-state index in [9.17, 15) is 14.4 Å². The molecule has 8 heteroatoms. The number of hydrogen-bond acceptors (Lipinski definition) is 4. The number of carbonyl (C=O) groups excluding carboxylic acids is 3. The van der Waals surface area contributed by atoms with Crippen LogP contribution in [0.3, 0.4) is 0 Å². The number of amides is 3. The van der Waals surface area contributed by atoms with Crippen molar-refractivity contribution in [3.63, 3.8) is 0 Å². The summed E-state index contributed by atoms with van der Waals surface area (Å²) in [5, 5.41) is 3.41. The first kappa shape index (κ1) is 18.2. The maximum atomic E-state index is 12.3. The van der Waals surface area contributed by atoms with Gasteiger partial charge in [0.2, 0.25) is 5.91 Å². The fourth-order valence-electron chi connectivity index (χ4n) is 3.22. The highest BCUT2D eigenvalue weighted by atomic mass is 35.5. The predicted molar refractivity (Wildman–Crippen MR) is 103 cm³/mol. The number of aromatic nitrogens is 2. The van der Waals surface area contributed by atoms with E-state index in [0.717, 1.165) is 11.3 Å². The van der Waals surface area contributed by atoms with Crippen LogP contribution in [0.15, 0.2) is 48.8 Å². The van der Waals surface area contributed by atoms with Gasteiger partial charge in [-0.05, 0) is 30.7 Å². The molecule has 28 heavy (non-hydrogen) atoms.